The van der Waals surface area contributed by atoms with Gasteiger partial charge in [-0.1, -0.05) is 55.4 Å². The number of nitrogens with one attached hydrogen (secondary N) is 2. The van der Waals surface area contributed by atoms with Gasteiger partial charge in [0.1, 0.15) is 0 Å². The van der Waals surface area contributed by atoms with Gasteiger partial charge >= 0.3 is 0 Å². The third-order valence-electron chi connectivity index (χ3n) is 9.24. The van der Waals surface area contributed by atoms with Gasteiger partial charge in [-0.05, 0) is 132 Å². The minimum Gasteiger partial charge on any atom is -0.355 e. The molecule has 0 saturated heterocycles. The number of H-pyrrole nitrogens is 2. The minimum absolute atomic E-state index is 0.949. The van der Waals surface area contributed by atoms with Gasteiger partial charge in [0.05, 0.1) is 22.8 Å². The number of nitrogens with zero attached hydrogens (tertiary/aromatic N) is 2. The number of allylic oxidation sites excluding steroid dienone is 6. The molecule has 8 bridgehead atoms. The number of fused-ring (bicyclic) bond motifs is 7. The molecule has 5 rings (SSSR count). The molecule has 0 spiro atoms. The summed E-state index contributed by atoms with van der Waals surface area (Å²) in [6.45, 7) is 18.1. The second-order valence-electron chi connectivity index (χ2n) is 11.3. The Bertz CT molecular complexity index is 1700. The lowest BCUT2D eigenvalue weighted by Gasteiger charge is -2.09. The Morgan fingerprint density at radius 2 is 0.667 bits per heavy atom. The van der Waals surface area contributed by atoms with Gasteiger partial charge in [-0.25, -0.2) is 9.98 Å². The lowest BCUT2D eigenvalue weighted by Crippen LogP contribution is -2.16. The van der Waals surface area contributed by atoms with Crippen LogP contribution in [0, 0.1) is 0 Å². The third-order valence-corrected chi connectivity index (χ3v) is 9.24. The molecule has 3 aliphatic heterocycles. The fraction of sp³-hybridized carbons (Fsp3) is 0.421. The zero-order valence-electron chi connectivity index (χ0n) is 27.0. The van der Waals surface area contributed by atoms with E-state index in [1.165, 1.54) is 65.9 Å². The van der Waals surface area contributed by atoms with Gasteiger partial charge in [-0.3, -0.25) is 0 Å². The predicted octanol–water partition coefficient (Wildman–Crippen LogP) is 6.34. The molecule has 0 saturated carbocycles. The smallest absolute Gasteiger partial charge is 0.0932 e. The summed E-state index contributed by atoms with van der Waals surface area (Å²) in [4.78, 5) is 18.2. The summed E-state index contributed by atoms with van der Waals surface area (Å²) in [5.41, 5.74) is 15.3. The van der Waals surface area contributed by atoms with E-state index in [2.05, 4.69) is 102 Å². The van der Waals surface area contributed by atoms with Crippen LogP contribution in [0.3, 0.4) is 0 Å². The first-order valence-corrected chi connectivity index (χ1v) is 16.4. The SMILES string of the molecule is CCC1=C(CC)C2=NC1=CC=c1[nH]c(c(CC)c1CC)=CC=c1[nH]c(c(CC)c1CC)=CC=C1N=C2C(CC)=C1CC. The number of rotatable bonds is 8. The highest BCUT2D eigenvalue weighted by molar-refractivity contribution is 6.55. The van der Waals surface area contributed by atoms with Crippen LogP contribution in [-0.4, -0.2) is 21.4 Å². The topological polar surface area (TPSA) is 56.3 Å². The molecule has 42 heavy (non-hydrogen) atoms. The molecule has 0 radical (unpaired) electrons. The normalized spacial score (nSPS) is 16.6. The summed E-state index contributed by atoms with van der Waals surface area (Å²) >= 11 is 0. The Labute approximate surface area is 251 Å². The molecular weight excluding hydrogens is 512 g/mol. The van der Waals surface area contributed by atoms with Crippen LogP contribution in [0.25, 0.3) is 24.3 Å². The van der Waals surface area contributed by atoms with Crippen LogP contribution in [0.5, 0.6) is 0 Å². The number of aromatic amines is 2. The lowest BCUT2D eigenvalue weighted by molar-refractivity contribution is 1.04. The molecule has 4 heteroatoms. The van der Waals surface area contributed by atoms with Crippen molar-refractivity contribution in [1.82, 2.24) is 9.97 Å². The van der Waals surface area contributed by atoms with Gasteiger partial charge in [0.15, 0.2) is 0 Å². The van der Waals surface area contributed by atoms with Gasteiger partial charge < -0.3 is 9.97 Å². The molecule has 2 aromatic rings. The second kappa shape index (κ2) is 12.7. The lowest BCUT2D eigenvalue weighted by atomic mass is 9.92. The average molecular weight is 561 g/mol. The van der Waals surface area contributed by atoms with Crippen LogP contribution in [0.15, 0.2) is 55.8 Å². The van der Waals surface area contributed by atoms with E-state index in [1.807, 2.05) is 0 Å². The second-order valence-corrected chi connectivity index (χ2v) is 11.3. The predicted molar refractivity (Wildman–Crippen MR) is 182 cm³/mol. The first kappa shape index (κ1) is 29.8. The highest BCUT2D eigenvalue weighted by atomic mass is 14.9. The Hall–Kier alpha value is -3.66. The molecular formula is C38H48N4. The van der Waals surface area contributed by atoms with E-state index in [9.17, 15) is 0 Å². The monoisotopic (exact) mass is 560 g/mol. The van der Waals surface area contributed by atoms with Gasteiger partial charge in [0.25, 0.3) is 0 Å². The molecule has 0 aliphatic carbocycles. The third kappa shape index (κ3) is 4.99. The molecule has 0 aromatic carbocycles. The molecule has 0 fully saturated rings. The maximum atomic E-state index is 5.32. The minimum atomic E-state index is 0.949. The highest BCUT2D eigenvalue weighted by Crippen LogP contribution is 2.37. The molecule has 0 unspecified atom stereocenters. The van der Waals surface area contributed by atoms with Gasteiger partial charge in [0, 0.05) is 21.4 Å². The van der Waals surface area contributed by atoms with E-state index in [1.54, 1.807) is 0 Å². The largest absolute Gasteiger partial charge is 0.355 e. The first-order valence-electron chi connectivity index (χ1n) is 16.4. The van der Waals surface area contributed by atoms with Crippen LogP contribution in [0.4, 0.5) is 0 Å². The van der Waals surface area contributed by atoms with Crippen molar-refractivity contribution in [2.75, 3.05) is 0 Å². The zero-order valence-corrected chi connectivity index (χ0v) is 27.0. The molecule has 5 heterocycles. The van der Waals surface area contributed by atoms with Crippen molar-refractivity contribution in [2.24, 2.45) is 9.98 Å². The zero-order chi connectivity index (χ0) is 30.0. The van der Waals surface area contributed by atoms with E-state index in [-0.39, 0.29) is 0 Å². The van der Waals surface area contributed by atoms with Gasteiger partial charge in [0.2, 0.25) is 0 Å². The van der Waals surface area contributed by atoms with Crippen molar-refractivity contribution >= 4 is 35.7 Å². The maximum absolute atomic E-state index is 5.32. The summed E-state index contributed by atoms with van der Waals surface area (Å²) in [6.07, 6.45) is 21.3. The summed E-state index contributed by atoms with van der Waals surface area (Å²) in [5.74, 6) is 0. The summed E-state index contributed by atoms with van der Waals surface area (Å²) in [5, 5.41) is 4.79. The van der Waals surface area contributed by atoms with Gasteiger partial charge in [-0.15, -0.1) is 0 Å². The quantitative estimate of drug-likeness (QED) is 0.379. The number of aromatic nitrogens is 2. The fourth-order valence-corrected chi connectivity index (χ4v) is 7.24. The average Bonchev–Trinajstić information content (AvgIpc) is 3.74. The van der Waals surface area contributed by atoms with Crippen molar-refractivity contribution < 1.29 is 0 Å². The number of hydrogen-bond donors (Lipinski definition) is 2. The van der Waals surface area contributed by atoms with E-state index in [0.29, 0.717) is 0 Å². The van der Waals surface area contributed by atoms with E-state index >= 15 is 0 Å². The molecule has 220 valence electrons. The molecule has 2 aromatic heterocycles. The molecule has 2 N–H and O–H groups in total. The summed E-state index contributed by atoms with van der Waals surface area (Å²) in [7, 11) is 0. The van der Waals surface area contributed by atoms with E-state index in [4.69, 9.17) is 9.98 Å². The summed E-state index contributed by atoms with van der Waals surface area (Å²) < 4.78 is 0. The van der Waals surface area contributed by atoms with Crippen molar-refractivity contribution in [1.29, 1.82) is 0 Å². The highest BCUT2D eigenvalue weighted by Gasteiger charge is 2.31. The molecule has 3 aliphatic rings. The summed E-state index contributed by atoms with van der Waals surface area (Å²) in [6, 6.07) is 0. The van der Waals surface area contributed by atoms with Crippen LogP contribution in [-0.2, 0) is 25.7 Å². The van der Waals surface area contributed by atoms with E-state index in [0.717, 1.165) is 74.2 Å². The van der Waals surface area contributed by atoms with Crippen LogP contribution in [0.2, 0.25) is 0 Å². The van der Waals surface area contributed by atoms with Crippen molar-refractivity contribution in [3.63, 3.8) is 0 Å². The maximum Gasteiger partial charge on any atom is 0.0932 e. The van der Waals surface area contributed by atoms with Crippen LogP contribution < -0.4 is 21.4 Å². The van der Waals surface area contributed by atoms with Crippen molar-refractivity contribution in [3.05, 3.63) is 89.5 Å². The molecule has 4 nitrogen and oxygen atoms in total. The van der Waals surface area contributed by atoms with E-state index < -0.39 is 0 Å². The Kier molecular flexibility index (Phi) is 9.01. The molecule has 0 amide bonds. The van der Waals surface area contributed by atoms with Crippen molar-refractivity contribution in [3.8, 4) is 0 Å². The number of aliphatic imine (C=N–C) groups is 2. The van der Waals surface area contributed by atoms with Crippen LogP contribution >= 0.6 is 0 Å². The standard InChI is InChI=1S/C38H48N4/c1-9-23-25(11-3)33-19-21-35-27(13-5)29(15-7)37(41-35)38-30(16-8)28(14-6)36(42-38)22-20-34-26(12-4)24(10-2)32(40-34)18-17-31(23)39-33/h17-22,39-40H,9-16H2,1-8H3. The van der Waals surface area contributed by atoms with Gasteiger partial charge in [-0.2, -0.15) is 0 Å². The fourth-order valence-electron chi connectivity index (χ4n) is 7.24. The first-order chi connectivity index (χ1) is 20.5. The van der Waals surface area contributed by atoms with Crippen LogP contribution in [0.1, 0.15) is 103 Å². The Balaban J connectivity index is 1.92. The molecule has 0 atom stereocenters. The number of hydrogen-bond acceptors (Lipinski definition) is 2. The van der Waals surface area contributed by atoms with Crippen molar-refractivity contribution in [2.45, 2.75) is 107 Å². The Morgan fingerprint density at radius 1 is 0.381 bits per heavy atom. The Morgan fingerprint density at radius 3 is 0.929 bits per heavy atom.